The Morgan fingerprint density at radius 1 is 1.14 bits per heavy atom. The molecule has 0 aromatic heterocycles. The second-order valence-electron chi connectivity index (χ2n) is 5.48. The predicted molar refractivity (Wildman–Crippen MR) is 81.4 cm³/mol. The highest BCUT2D eigenvalue weighted by atomic mass is 16.5. The number of nitrogens with one attached hydrogen (secondary N) is 2. The molecular formula is C16H22N2O4. The third kappa shape index (κ3) is 5.37. The molecule has 0 bridgehead atoms. The van der Waals surface area contributed by atoms with E-state index in [-0.39, 0.29) is 25.2 Å². The molecule has 0 radical (unpaired) electrons. The summed E-state index contributed by atoms with van der Waals surface area (Å²) in [7, 11) is 0. The van der Waals surface area contributed by atoms with Crippen LogP contribution >= 0.6 is 0 Å². The van der Waals surface area contributed by atoms with Gasteiger partial charge in [0.15, 0.2) is 0 Å². The number of amides is 1. The number of carbonyl (C=O) groups excluding carboxylic acids is 1. The first kappa shape index (κ1) is 16.3. The van der Waals surface area contributed by atoms with Crippen LogP contribution in [0.3, 0.4) is 0 Å². The molecule has 22 heavy (non-hydrogen) atoms. The van der Waals surface area contributed by atoms with Gasteiger partial charge in [-0.1, -0.05) is 43.2 Å². The van der Waals surface area contributed by atoms with Gasteiger partial charge < -0.3 is 20.5 Å². The zero-order chi connectivity index (χ0) is 15.8. The number of aliphatic carboxylic acids is 1. The summed E-state index contributed by atoms with van der Waals surface area (Å²) in [6.07, 6.45) is 3.29. The summed E-state index contributed by atoms with van der Waals surface area (Å²) in [5.74, 6) is -0.893. The van der Waals surface area contributed by atoms with Crippen molar-refractivity contribution in [3.05, 3.63) is 35.9 Å². The van der Waals surface area contributed by atoms with Gasteiger partial charge in [0.25, 0.3) is 0 Å². The maximum absolute atomic E-state index is 11.9. The number of benzene rings is 1. The summed E-state index contributed by atoms with van der Waals surface area (Å²) in [5, 5.41) is 14.6. The Kier molecular flexibility index (Phi) is 6.21. The molecule has 3 N–H and O–H groups in total. The van der Waals surface area contributed by atoms with Gasteiger partial charge in [0.1, 0.15) is 6.61 Å². The highest BCUT2D eigenvalue weighted by Crippen LogP contribution is 2.18. The molecule has 0 heterocycles. The number of ether oxygens (including phenoxy) is 1. The quantitative estimate of drug-likeness (QED) is 0.747. The van der Waals surface area contributed by atoms with Crippen LogP contribution in [-0.4, -0.2) is 35.8 Å². The van der Waals surface area contributed by atoms with E-state index in [9.17, 15) is 9.59 Å². The van der Waals surface area contributed by atoms with Crippen LogP contribution in [0.2, 0.25) is 0 Å². The molecule has 0 aliphatic heterocycles. The number of carboxylic acids is 1. The van der Waals surface area contributed by atoms with Crippen LogP contribution in [-0.2, 0) is 16.1 Å². The van der Waals surface area contributed by atoms with Gasteiger partial charge in [-0.25, -0.2) is 4.79 Å². The lowest BCUT2D eigenvalue weighted by Gasteiger charge is -2.32. The van der Waals surface area contributed by atoms with Crippen LogP contribution in [0.1, 0.15) is 31.2 Å². The van der Waals surface area contributed by atoms with Crippen molar-refractivity contribution in [2.45, 2.75) is 44.4 Å². The molecule has 2 atom stereocenters. The first-order valence-electron chi connectivity index (χ1n) is 7.57. The fourth-order valence-electron chi connectivity index (χ4n) is 2.68. The zero-order valence-corrected chi connectivity index (χ0v) is 12.5. The van der Waals surface area contributed by atoms with E-state index in [1.165, 1.54) is 0 Å². The van der Waals surface area contributed by atoms with Gasteiger partial charge in [0, 0.05) is 12.1 Å². The lowest BCUT2D eigenvalue weighted by molar-refractivity contribution is -0.136. The van der Waals surface area contributed by atoms with E-state index in [1.54, 1.807) is 0 Å². The first-order chi connectivity index (χ1) is 10.6. The minimum atomic E-state index is -0.893. The number of carbonyl (C=O) groups is 2. The molecule has 1 amide bonds. The van der Waals surface area contributed by atoms with Crippen molar-refractivity contribution in [1.29, 1.82) is 0 Å². The molecule has 1 aliphatic carbocycles. The Balaban J connectivity index is 1.79. The van der Waals surface area contributed by atoms with Crippen LogP contribution < -0.4 is 10.6 Å². The van der Waals surface area contributed by atoms with Gasteiger partial charge in [-0.15, -0.1) is 0 Å². The third-order valence-electron chi connectivity index (χ3n) is 3.80. The van der Waals surface area contributed by atoms with Crippen molar-refractivity contribution in [3.63, 3.8) is 0 Å². The van der Waals surface area contributed by atoms with Gasteiger partial charge in [0.05, 0.1) is 6.54 Å². The molecule has 2 rings (SSSR count). The maximum atomic E-state index is 11.9. The van der Waals surface area contributed by atoms with E-state index in [4.69, 9.17) is 9.84 Å². The van der Waals surface area contributed by atoms with Crippen molar-refractivity contribution >= 4 is 12.1 Å². The topological polar surface area (TPSA) is 87.7 Å². The number of hydrogen-bond acceptors (Lipinski definition) is 4. The standard InChI is InChI=1S/C16H22N2O4/c19-15(20)10-17-13-8-4-5-9-14(13)18-16(21)22-11-12-6-2-1-3-7-12/h1-3,6-7,13-14,17H,4-5,8-11H2,(H,18,21)(H,19,20)/t13-,14-/m0/s1. The summed E-state index contributed by atoms with van der Waals surface area (Å²) in [4.78, 5) is 22.5. The van der Waals surface area contributed by atoms with E-state index in [2.05, 4.69) is 10.6 Å². The van der Waals surface area contributed by atoms with E-state index < -0.39 is 12.1 Å². The molecule has 1 aromatic rings. The van der Waals surface area contributed by atoms with Gasteiger partial charge in [-0.3, -0.25) is 4.79 Å². The Morgan fingerprint density at radius 3 is 2.50 bits per heavy atom. The van der Waals surface area contributed by atoms with Gasteiger partial charge in [-0.05, 0) is 18.4 Å². The molecule has 0 saturated heterocycles. The van der Waals surface area contributed by atoms with E-state index in [0.29, 0.717) is 0 Å². The average Bonchev–Trinajstić information content (AvgIpc) is 2.53. The smallest absolute Gasteiger partial charge is 0.407 e. The van der Waals surface area contributed by atoms with Gasteiger partial charge in [-0.2, -0.15) is 0 Å². The van der Waals surface area contributed by atoms with E-state index in [1.807, 2.05) is 30.3 Å². The largest absolute Gasteiger partial charge is 0.480 e. The van der Waals surface area contributed by atoms with Crippen LogP contribution in [0.25, 0.3) is 0 Å². The monoisotopic (exact) mass is 306 g/mol. The number of carboxylic acid groups (broad SMARTS) is 1. The molecule has 0 spiro atoms. The number of hydrogen-bond donors (Lipinski definition) is 3. The van der Waals surface area contributed by atoms with Gasteiger partial charge >= 0.3 is 12.1 Å². The van der Waals surface area contributed by atoms with Crippen molar-refractivity contribution in [3.8, 4) is 0 Å². The molecule has 1 aliphatic rings. The summed E-state index contributed by atoms with van der Waals surface area (Å²) in [6, 6.07) is 9.37. The normalized spacial score (nSPS) is 21.1. The average molecular weight is 306 g/mol. The van der Waals surface area contributed by atoms with Crippen molar-refractivity contribution in [1.82, 2.24) is 10.6 Å². The molecule has 120 valence electrons. The number of rotatable bonds is 6. The predicted octanol–water partition coefficient (Wildman–Crippen LogP) is 1.90. The summed E-state index contributed by atoms with van der Waals surface area (Å²) in [6.45, 7) is 0.133. The SMILES string of the molecule is O=C(O)CN[C@H]1CCCC[C@@H]1NC(=O)OCc1ccccc1. The van der Waals surface area contributed by atoms with Crippen LogP contribution in [0.5, 0.6) is 0 Å². The maximum Gasteiger partial charge on any atom is 0.407 e. The minimum absolute atomic E-state index is 0.0193. The second kappa shape index (κ2) is 8.38. The van der Waals surface area contributed by atoms with Crippen molar-refractivity contribution in [2.75, 3.05) is 6.54 Å². The van der Waals surface area contributed by atoms with Crippen LogP contribution in [0, 0.1) is 0 Å². The summed E-state index contributed by atoms with van der Waals surface area (Å²) < 4.78 is 5.21. The second-order valence-corrected chi connectivity index (χ2v) is 5.48. The fraction of sp³-hybridized carbons (Fsp3) is 0.500. The Bertz CT molecular complexity index is 492. The molecular weight excluding hydrogens is 284 g/mol. The lowest BCUT2D eigenvalue weighted by atomic mass is 9.90. The van der Waals surface area contributed by atoms with E-state index >= 15 is 0 Å². The summed E-state index contributed by atoms with van der Waals surface area (Å²) >= 11 is 0. The molecule has 6 nitrogen and oxygen atoms in total. The zero-order valence-electron chi connectivity index (χ0n) is 12.5. The molecule has 0 unspecified atom stereocenters. The van der Waals surface area contributed by atoms with E-state index in [0.717, 1.165) is 31.2 Å². The fourth-order valence-corrected chi connectivity index (χ4v) is 2.68. The first-order valence-corrected chi connectivity index (χ1v) is 7.57. The minimum Gasteiger partial charge on any atom is -0.480 e. The molecule has 1 aromatic carbocycles. The highest BCUT2D eigenvalue weighted by molar-refractivity contribution is 5.69. The molecule has 1 fully saturated rings. The Labute approximate surface area is 129 Å². The lowest BCUT2D eigenvalue weighted by Crippen LogP contribution is -2.52. The molecule has 1 saturated carbocycles. The highest BCUT2D eigenvalue weighted by Gasteiger charge is 2.27. The Morgan fingerprint density at radius 2 is 1.82 bits per heavy atom. The van der Waals surface area contributed by atoms with Crippen molar-refractivity contribution < 1.29 is 19.4 Å². The number of alkyl carbamates (subject to hydrolysis) is 1. The molecule has 6 heteroatoms. The third-order valence-corrected chi connectivity index (χ3v) is 3.80. The Hall–Kier alpha value is -2.08. The van der Waals surface area contributed by atoms with Crippen LogP contribution in [0.4, 0.5) is 4.79 Å². The van der Waals surface area contributed by atoms with Crippen LogP contribution in [0.15, 0.2) is 30.3 Å². The summed E-state index contributed by atoms with van der Waals surface area (Å²) in [5.41, 5.74) is 0.932. The van der Waals surface area contributed by atoms with Gasteiger partial charge in [0.2, 0.25) is 0 Å². The van der Waals surface area contributed by atoms with Crippen molar-refractivity contribution in [2.24, 2.45) is 0 Å².